The van der Waals surface area contributed by atoms with Crippen LogP contribution in [0.5, 0.6) is 5.75 Å². The van der Waals surface area contributed by atoms with Gasteiger partial charge in [-0.25, -0.2) is 4.98 Å². The number of amides is 1. The molecule has 33 heavy (non-hydrogen) atoms. The van der Waals surface area contributed by atoms with E-state index >= 15 is 0 Å². The van der Waals surface area contributed by atoms with Gasteiger partial charge in [0.25, 0.3) is 5.91 Å². The number of aromatic hydroxyl groups is 1. The van der Waals surface area contributed by atoms with Gasteiger partial charge in [0.1, 0.15) is 5.75 Å². The summed E-state index contributed by atoms with van der Waals surface area (Å²) in [7, 11) is 0. The van der Waals surface area contributed by atoms with Crippen LogP contribution in [0.2, 0.25) is 0 Å². The number of rotatable bonds is 4. The van der Waals surface area contributed by atoms with Crippen LogP contribution in [0, 0.1) is 6.92 Å². The molecule has 0 radical (unpaired) electrons. The van der Waals surface area contributed by atoms with E-state index in [-0.39, 0.29) is 11.7 Å². The fourth-order valence-corrected chi connectivity index (χ4v) is 4.33. The zero-order valence-electron chi connectivity index (χ0n) is 18.6. The molecule has 0 saturated carbocycles. The van der Waals surface area contributed by atoms with Gasteiger partial charge in [0.2, 0.25) is 0 Å². The predicted molar refractivity (Wildman–Crippen MR) is 131 cm³/mol. The largest absolute Gasteiger partial charge is 0.508 e. The summed E-state index contributed by atoms with van der Waals surface area (Å²) in [4.78, 5) is 20.3. The molecule has 1 amide bonds. The van der Waals surface area contributed by atoms with Crippen LogP contribution >= 0.6 is 0 Å². The molecule has 1 saturated heterocycles. The molecule has 2 aromatic heterocycles. The Kier molecular flexibility index (Phi) is 5.65. The maximum absolute atomic E-state index is 13.6. The van der Waals surface area contributed by atoms with E-state index in [1.807, 2.05) is 35.3 Å². The highest BCUT2D eigenvalue weighted by Gasteiger charge is 2.24. The Morgan fingerprint density at radius 1 is 1.03 bits per heavy atom. The fourth-order valence-electron chi connectivity index (χ4n) is 4.33. The summed E-state index contributed by atoms with van der Waals surface area (Å²) in [5.74, 6) is 0.196. The minimum Gasteiger partial charge on any atom is -0.508 e. The standard InChI is InChI=1S/C27H26N4O2/c1-18-7-3-4-8-19(18)11-14-23-25-22(27(33)31-15-5-2-6-16-31)17-24(28-26(25)30-29-23)20-9-12-21(32)13-10-20/h3-4,7-14,17,32H,2,5-6,15-16H2,1H3,(H,28,29,30)/b14-11+. The Morgan fingerprint density at radius 2 is 1.79 bits per heavy atom. The number of hydrogen-bond acceptors (Lipinski definition) is 4. The van der Waals surface area contributed by atoms with Crippen molar-refractivity contribution < 1.29 is 9.90 Å². The van der Waals surface area contributed by atoms with Gasteiger partial charge in [0.15, 0.2) is 5.65 Å². The maximum atomic E-state index is 13.6. The zero-order chi connectivity index (χ0) is 22.8. The van der Waals surface area contributed by atoms with Crippen molar-refractivity contribution >= 4 is 29.1 Å². The van der Waals surface area contributed by atoms with Gasteiger partial charge >= 0.3 is 0 Å². The highest BCUT2D eigenvalue weighted by atomic mass is 16.3. The normalized spacial score (nSPS) is 14.3. The van der Waals surface area contributed by atoms with Crippen molar-refractivity contribution in [1.82, 2.24) is 20.1 Å². The summed E-state index contributed by atoms with van der Waals surface area (Å²) in [5, 5.41) is 17.9. The van der Waals surface area contributed by atoms with E-state index in [0.29, 0.717) is 16.9 Å². The number of pyridine rings is 1. The summed E-state index contributed by atoms with van der Waals surface area (Å²) in [6.07, 6.45) is 7.20. The van der Waals surface area contributed by atoms with Gasteiger partial charge in [-0.15, -0.1) is 0 Å². The maximum Gasteiger partial charge on any atom is 0.254 e. The number of carbonyl (C=O) groups is 1. The number of piperidine rings is 1. The van der Waals surface area contributed by atoms with Crippen molar-refractivity contribution in [2.24, 2.45) is 0 Å². The van der Waals surface area contributed by atoms with Crippen LogP contribution in [-0.2, 0) is 0 Å². The summed E-state index contributed by atoms with van der Waals surface area (Å²) in [6, 6.07) is 16.8. The Balaban J connectivity index is 1.63. The van der Waals surface area contributed by atoms with Crippen LogP contribution < -0.4 is 0 Å². The Bertz CT molecular complexity index is 1330. The van der Waals surface area contributed by atoms with Crippen LogP contribution in [0.1, 0.15) is 46.4 Å². The fraction of sp³-hybridized carbons (Fsp3) is 0.222. The number of phenols is 1. The van der Waals surface area contributed by atoms with Crippen molar-refractivity contribution in [3.8, 4) is 17.0 Å². The highest BCUT2D eigenvalue weighted by Crippen LogP contribution is 2.29. The van der Waals surface area contributed by atoms with E-state index in [1.54, 1.807) is 24.3 Å². The molecule has 0 bridgehead atoms. The lowest BCUT2D eigenvalue weighted by Crippen LogP contribution is -2.35. The van der Waals surface area contributed by atoms with Crippen LogP contribution in [0.25, 0.3) is 34.4 Å². The molecule has 4 aromatic rings. The summed E-state index contributed by atoms with van der Waals surface area (Å²) >= 11 is 0. The zero-order valence-corrected chi connectivity index (χ0v) is 18.6. The smallest absolute Gasteiger partial charge is 0.254 e. The molecule has 1 fully saturated rings. The van der Waals surface area contributed by atoms with E-state index in [2.05, 4.69) is 29.3 Å². The Labute approximate surface area is 192 Å². The number of carbonyl (C=O) groups excluding carboxylic acids is 1. The second-order valence-electron chi connectivity index (χ2n) is 8.48. The number of aromatic nitrogens is 3. The van der Waals surface area contributed by atoms with Gasteiger partial charge in [0.05, 0.1) is 22.3 Å². The van der Waals surface area contributed by atoms with Crippen LogP contribution in [0.3, 0.4) is 0 Å². The van der Waals surface area contributed by atoms with E-state index in [1.165, 1.54) is 5.56 Å². The number of likely N-dealkylation sites (tertiary alicyclic amines) is 1. The molecule has 2 aromatic carbocycles. The minimum atomic E-state index is 0.00840. The summed E-state index contributed by atoms with van der Waals surface area (Å²) in [5.41, 5.74) is 5.63. The van der Waals surface area contributed by atoms with Gasteiger partial charge in [-0.1, -0.05) is 30.3 Å². The topological polar surface area (TPSA) is 82.1 Å². The molecule has 6 heteroatoms. The molecule has 0 spiro atoms. The van der Waals surface area contributed by atoms with Crippen molar-refractivity contribution in [2.75, 3.05) is 13.1 Å². The molecule has 1 aliphatic heterocycles. The third kappa shape index (κ3) is 4.24. The van der Waals surface area contributed by atoms with Crippen molar-refractivity contribution in [1.29, 1.82) is 0 Å². The van der Waals surface area contributed by atoms with Gasteiger partial charge in [-0.05, 0) is 73.7 Å². The number of aryl methyl sites for hydroxylation is 1. The van der Waals surface area contributed by atoms with Crippen molar-refractivity contribution in [3.05, 3.63) is 77.0 Å². The first kappa shape index (κ1) is 20.9. The molecule has 3 heterocycles. The highest BCUT2D eigenvalue weighted by molar-refractivity contribution is 6.09. The monoisotopic (exact) mass is 438 g/mol. The van der Waals surface area contributed by atoms with Crippen LogP contribution in [0.15, 0.2) is 54.6 Å². The van der Waals surface area contributed by atoms with Crippen LogP contribution in [-0.4, -0.2) is 44.2 Å². The third-order valence-corrected chi connectivity index (χ3v) is 6.21. The van der Waals surface area contributed by atoms with Gasteiger partial charge in [0, 0.05) is 18.7 Å². The molecule has 0 atom stereocenters. The number of aromatic amines is 1. The lowest BCUT2D eigenvalue weighted by Gasteiger charge is -2.27. The Hall–Kier alpha value is -3.93. The lowest BCUT2D eigenvalue weighted by molar-refractivity contribution is 0.0726. The third-order valence-electron chi connectivity index (χ3n) is 6.21. The Morgan fingerprint density at radius 3 is 2.55 bits per heavy atom. The van der Waals surface area contributed by atoms with Gasteiger partial charge < -0.3 is 10.0 Å². The number of fused-ring (bicyclic) bond motifs is 1. The molecule has 5 rings (SSSR count). The van der Waals surface area contributed by atoms with E-state index in [9.17, 15) is 9.90 Å². The predicted octanol–water partition coefficient (Wildman–Crippen LogP) is 5.44. The second kappa shape index (κ2) is 8.90. The van der Waals surface area contributed by atoms with Crippen LogP contribution in [0.4, 0.5) is 0 Å². The number of benzene rings is 2. The molecule has 6 nitrogen and oxygen atoms in total. The van der Waals surface area contributed by atoms with Crippen molar-refractivity contribution in [2.45, 2.75) is 26.2 Å². The average Bonchev–Trinajstić information content (AvgIpc) is 3.26. The molecule has 0 aliphatic carbocycles. The van der Waals surface area contributed by atoms with Crippen molar-refractivity contribution in [3.63, 3.8) is 0 Å². The molecule has 166 valence electrons. The van der Waals surface area contributed by atoms with Gasteiger partial charge in [-0.3, -0.25) is 9.89 Å². The molecule has 1 aliphatic rings. The van der Waals surface area contributed by atoms with E-state index < -0.39 is 0 Å². The van der Waals surface area contributed by atoms with Gasteiger partial charge in [-0.2, -0.15) is 5.10 Å². The first-order valence-corrected chi connectivity index (χ1v) is 11.3. The average molecular weight is 439 g/mol. The SMILES string of the molecule is Cc1ccccc1/C=C/c1[nH]nc2nc(-c3ccc(O)cc3)cc(C(=O)N3CCCCC3)c12. The first-order chi connectivity index (χ1) is 16.1. The first-order valence-electron chi connectivity index (χ1n) is 11.3. The minimum absolute atomic E-state index is 0.00840. The van der Waals surface area contributed by atoms with E-state index in [0.717, 1.165) is 54.6 Å². The second-order valence-corrected chi connectivity index (χ2v) is 8.48. The molecular weight excluding hydrogens is 412 g/mol. The molecular formula is C27H26N4O2. The number of nitrogens with zero attached hydrogens (tertiary/aromatic N) is 3. The molecule has 0 unspecified atom stereocenters. The summed E-state index contributed by atoms with van der Waals surface area (Å²) < 4.78 is 0. The lowest BCUT2D eigenvalue weighted by atomic mass is 10.0. The van der Waals surface area contributed by atoms with E-state index in [4.69, 9.17) is 4.98 Å². The molecule has 2 N–H and O–H groups in total. The summed E-state index contributed by atoms with van der Waals surface area (Å²) in [6.45, 7) is 3.61. The number of nitrogens with one attached hydrogen (secondary N) is 1. The number of phenolic OH excluding ortho intramolecular Hbond substituents is 1. The number of hydrogen-bond donors (Lipinski definition) is 2. The number of H-pyrrole nitrogens is 1. The quantitative estimate of drug-likeness (QED) is 0.445.